The molecular formula is C23H30N2O2. The number of amides is 1. The van der Waals surface area contributed by atoms with E-state index >= 15 is 0 Å². The average molecular weight is 367 g/mol. The fourth-order valence-electron chi connectivity index (χ4n) is 3.72. The maximum Gasteiger partial charge on any atom is 0.220 e. The van der Waals surface area contributed by atoms with Crippen LogP contribution >= 0.6 is 0 Å². The molecule has 1 N–H and O–H groups in total. The number of hydrogen-bond donors (Lipinski definition) is 1. The smallest absolute Gasteiger partial charge is 0.220 e. The summed E-state index contributed by atoms with van der Waals surface area (Å²) in [6.45, 7) is 7.63. The van der Waals surface area contributed by atoms with E-state index < -0.39 is 0 Å². The molecule has 0 bridgehead atoms. The number of carbonyl (C=O) groups excluding carboxylic acids is 1. The molecule has 4 nitrogen and oxygen atoms in total. The minimum absolute atomic E-state index is 0.0993. The number of nitrogens with zero attached hydrogens (tertiary/aromatic N) is 1. The summed E-state index contributed by atoms with van der Waals surface area (Å²) in [5.41, 5.74) is 3.67. The van der Waals surface area contributed by atoms with Crippen LogP contribution in [0.1, 0.15) is 37.0 Å². The molecule has 0 radical (unpaired) electrons. The number of hydrogen-bond acceptors (Lipinski definition) is 3. The summed E-state index contributed by atoms with van der Waals surface area (Å²) in [6, 6.07) is 18.5. The Hall–Kier alpha value is -2.17. The van der Waals surface area contributed by atoms with Gasteiger partial charge in [-0.1, -0.05) is 54.6 Å². The first-order valence-corrected chi connectivity index (χ1v) is 9.85. The van der Waals surface area contributed by atoms with E-state index in [2.05, 4.69) is 54.4 Å². The normalized spacial score (nSPS) is 20.4. The van der Waals surface area contributed by atoms with Crippen molar-refractivity contribution in [2.75, 3.05) is 13.1 Å². The molecule has 2 atom stereocenters. The molecule has 1 fully saturated rings. The third-order valence-electron chi connectivity index (χ3n) is 4.97. The maximum atomic E-state index is 12.2. The monoisotopic (exact) mass is 366 g/mol. The van der Waals surface area contributed by atoms with Crippen LogP contribution in [-0.4, -0.2) is 36.1 Å². The van der Waals surface area contributed by atoms with Gasteiger partial charge in [0.05, 0.1) is 12.2 Å². The van der Waals surface area contributed by atoms with Crippen LogP contribution in [0.2, 0.25) is 0 Å². The molecule has 2 aromatic rings. The molecule has 0 aliphatic carbocycles. The van der Waals surface area contributed by atoms with E-state index in [1.165, 1.54) is 16.7 Å². The van der Waals surface area contributed by atoms with Gasteiger partial charge in [0.2, 0.25) is 5.91 Å². The number of ether oxygens (including phenoxy) is 1. The Morgan fingerprint density at radius 3 is 2.33 bits per heavy atom. The van der Waals surface area contributed by atoms with Crippen molar-refractivity contribution in [3.05, 3.63) is 71.3 Å². The summed E-state index contributed by atoms with van der Waals surface area (Å²) in [5, 5.41) is 3.08. The molecule has 1 amide bonds. The highest BCUT2D eigenvalue weighted by Crippen LogP contribution is 2.17. The lowest BCUT2D eigenvalue weighted by Crippen LogP contribution is -2.45. The Morgan fingerprint density at radius 1 is 1.00 bits per heavy atom. The first-order valence-electron chi connectivity index (χ1n) is 9.85. The molecule has 0 spiro atoms. The van der Waals surface area contributed by atoms with Gasteiger partial charge in [0.15, 0.2) is 0 Å². The molecule has 1 heterocycles. The standard InChI is InChI=1S/C23H30N2O2/c1-18-15-25(16-19(2)27-18)17-22-11-7-6-10-21(22)14-24-23(26)13-12-20-8-4-3-5-9-20/h3-11,18-19H,12-17H2,1-2H3,(H,24,26)/t18-,19-/m1/s1. The summed E-state index contributed by atoms with van der Waals surface area (Å²) in [5.74, 6) is 0.0993. The lowest BCUT2D eigenvalue weighted by atomic mass is 10.1. The van der Waals surface area contributed by atoms with Crippen molar-refractivity contribution in [2.24, 2.45) is 0 Å². The lowest BCUT2D eigenvalue weighted by molar-refractivity contribution is -0.121. The molecule has 2 aromatic carbocycles. The molecule has 0 aromatic heterocycles. The molecular weight excluding hydrogens is 336 g/mol. The van der Waals surface area contributed by atoms with Crippen LogP contribution in [0.15, 0.2) is 54.6 Å². The van der Waals surface area contributed by atoms with Crippen molar-refractivity contribution in [1.29, 1.82) is 0 Å². The van der Waals surface area contributed by atoms with Crippen LogP contribution in [0.5, 0.6) is 0 Å². The van der Waals surface area contributed by atoms with Gasteiger partial charge < -0.3 is 10.1 Å². The lowest BCUT2D eigenvalue weighted by Gasteiger charge is -2.35. The Kier molecular flexibility index (Phi) is 7.02. The summed E-state index contributed by atoms with van der Waals surface area (Å²) >= 11 is 0. The Labute approximate surface area is 162 Å². The highest BCUT2D eigenvalue weighted by atomic mass is 16.5. The topological polar surface area (TPSA) is 41.6 Å². The molecule has 27 heavy (non-hydrogen) atoms. The summed E-state index contributed by atoms with van der Waals surface area (Å²) in [4.78, 5) is 14.7. The molecule has 0 saturated carbocycles. The van der Waals surface area contributed by atoms with Gasteiger partial charge in [0.1, 0.15) is 0 Å². The summed E-state index contributed by atoms with van der Waals surface area (Å²) in [6.07, 6.45) is 1.82. The van der Waals surface area contributed by atoms with E-state index in [1.54, 1.807) is 0 Å². The zero-order valence-electron chi connectivity index (χ0n) is 16.4. The number of rotatable bonds is 7. The second-order valence-electron chi connectivity index (χ2n) is 7.48. The highest BCUT2D eigenvalue weighted by molar-refractivity contribution is 5.76. The van der Waals surface area contributed by atoms with Gasteiger partial charge in [-0.2, -0.15) is 0 Å². The number of morpholine rings is 1. The Morgan fingerprint density at radius 2 is 1.63 bits per heavy atom. The van der Waals surface area contributed by atoms with E-state index in [4.69, 9.17) is 4.74 Å². The third kappa shape index (κ3) is 6.19. The first-order chi connectivity index (χ1) is 13.1. The second kappa shape index (κ2) is 9.67. The van der Waals surface area contributed by atoms with E-state index in [0.29, 0.717) is 13.0 Å². The first kappa shape index (κ1) is 19.6. The number of aryl methyl sites for hydroxylation is 1. The maximum absolute atomic E-state index is 12.2. The Bertz CT molecular complexity index is 722. The zero-order valence-corrected chi connectivity index (χ0v) is 16.4. The highest BCUT2D eigenvalue weighted by Gasteiger charge is 2.22. The quantitative estimate of drug-likeness (QED) is 0.815. The van der Waals surface area contributed by atoms with Crippen molar-refractivity contribution in [3.8, 4) is 0 Å². The number of carbonyl (C=O) groups is 1. The molecule has 1 saturated heterocycles. The van der Waals surface area contributed by atoms with Gasteiger partial charge in [-0.05, 0) is 37.0 Å². The van der Waals surface area contributed by atoms with E-state index in [9.17, 15) is 4.79 Å². The fourth-order valence-corrected chi connectivity index (χ4v) is 3.72. The van der Waals surface area contributed by atoms with Crippen molar-refractivity contribution in [1.82, 2.24) is 10.2 Å². The minimum atomic E-state index is 0.0993. The second-order valence-corrected chi connectivity index (χ2v) is 7.48. The van der Waals surface area contributed by atoms with Gasteiger partial charge in [0, 0.05) is 32.6 Å². The van der Waals surface area contributed by atoms with Crippen molar-refractivity contribution < 1.29 is 9.53 Å². The van der Waals surface area contributed by atoms with Crippen LogP contribution in [-0.2, 0) is 29.0 Å². The summed E-state index contributed by atoms with van der Waals surface area (Å²) in [7, 11) is 0. The molecule has 0 unspecified atom stereocenters. The third-order valence-corrected chi connectivity index (χ3v) is 4.97. The SMILES string of the molecule is C[C@@H]1CN(Cc2ccccc2CNC(=O)CCc2ccccc2)C[C@@H](C)O1. The van der Waals surface area contributed by atoms with Crippen molar-refractivity contribution in [2.45, 2.75) is 52.0 Å². The van der Waals surface area contributed by atoms with Gasteiger partial charge >= 0.3 is 0 Å². The van der Waals surface area contributed by atoms with Crippen LogP contribution in [0, 0.1) is 0 Å². The molecule has 144 valence electrons. The van der Waals surface area contributed by atoms with E-state index in [0.717, 1.165) is 26.1 Å². The van der Waals surface area contributed by atoms with Crippen LogP contribution in [0.4, 0.5) is 0 Å². The van der Waals surface area contributed by atoms with Crippen molar-refractivity contribution >= 4 is 5.91 Å². The van der Waals surface area contributed by atoms with Crippen LogP contribution in [0.25, 0.3) is 0 Å². The average Bonchev–Trinajstić information content (AvgIpc) is 2.66. The molecule has 1 aliphatic rings. The van der Waals surface area contributed by atoms with Crippen LogP contribution in [0.3, 0.4) is 0 Å². The van der Waals surface area contributed by atoms with Gasteiger partial charge in [0.25, 0.3) is 0 Å². The van der Waals surface area contributed by atoms with E-state index in [1.807, 2.05) is 24.3 Å². The van der Waals surface area contributed by atoms with Gasteiger partial charge in [-0.15, -0.1) is 0 Å². The van der Waals surface area contributed by atoms with Crippen LogP contribution < -0.4 is 5.32 Å². The summed E-state index contributed by atoms with van der Waals surface area (Å²) < 4.78 is 5.83. The fraction of sp³-hybridized carbons (Fsp3) is 0.435. The minimum Gasteiger partial charge on any atom is -0.373 e. The van der Waals surface area contributed by atoms with Crippen molar-refractivity contribution in [3.63, 3.8) is 0 Å². The Balaban J connectivity index is 1.52. The molecule has 1 aliphatic heterocycles. The zero-order chi connectivity index (χ0) is 19.1. The molecule has 3 rings (SSSR count). The number of benzene rings is 2. The predicted molar refractivity (Wildman–Crippen MR) is 108 cm³/mol. The van der Waals surface area contributed by atoms with Gasteiger partial charge in [-0.3, -0.25) is 9.69 Å². The predicted octanol–water partition coefficient (Wildman–Crippen LogP) is 3.54. The molecule has 4 heteroatoms. The van der Waals surface area contributed by atoms with E-state index in [-0.39, 0.29) is 18.1 Å². The number of nitrogens with one attached hydrogen (secondary N) is 1. The van der Waals surface area contributed by atoms with Gasteiger partial charge in [-0.25, -0.2) is 0 Å². The largest absolute Gasteiger partial charge is 0.373 e.